The molecule has 1 unspecified atom stereocenters. The van der Waals surface area contributed by atoms with Gasteiger partial charge in [-0.3, -0.25) is 0 Å². The van der Waals surface area contributed by atoms with Crippen LogP contribution in [0, 0.1) is 4.91 Å². The van der Waals surface area contributed by atoms with Crippen LogP contribution in [-0.4, -0.2) is 24.3 Å². The van der Waals surface area contributed by atoms with E-state index in [9.17, 15) is 4.91 Å². The number of aliphatic hydroxyl groups excluding tert-OH is 1. The highest BCUT2D eigenvalue weighted by atomic mass is 16.3. The topological polar surface area (TPSA) is 75.7 Å². The third-order valence-electron chi connectivity index (χ3n) is 0.557. The van der Waals surface area contributed by atoms with E-state index in [2.05, 4.69) is 5.18 Å². The fraction of sp³-hybridized carbons (Fsp3) is 1.00. The maximum Gasteiger partial charge on any atom is 0.108 e. The number of nitroso groups, excluding NO2 is 1. The summed E-state index contributed by atoms with van der Waals surface area (Å²) >= 11 is 0. The molecule has 0 amide bonds. The molecule has 42 valence electrons. The molecule has 0 radical (unpaired) electrons. The van der Waals surface area contributed by atoms with Gasteiger partial charge in [0.15, 0.2) is 0 Å². The molecule has 0 saturated heterocycles. The quantitative estimate of drug-likeness (QED) is 0.454. The molecule has 7 heavy (non-hydrogen) atoms. The Morgan fingerprint density at radius 3 is 2.57 bits per heavy atom. The van der Waals surface area contributed by atoms with E-state index in [-0.39, 0.29) is 13.1 Å². The molecule has 0 aromatic rings. The van der Waals surface area contributed by atoms with Gasteiger partial charge in [0, 0.05) is 6.54 Å². The lowest BCUT2D eigenvalue weighted by Gasteiger charge is -1.96. The Bertz CT molecular complexity index is 56.9. The molecule has 0 heterocycles. The summed E-state index contributed by atoms with van der Waals surface area (Å²) < 4.78 is 0. The molecule has 0 saturated carbocycles. The van der Waals surface area contributed by atoms with Crippen molar-refractivity contribution in [3.05, 3.63) is 4.91 Å². The molecule has 1 atom stereocenters. The van der Waals surface area contributed by atoms with Crippen molar-refractivity contribution >= 4 is 0 Å². The average Bonchev–Trinajstić information content (AvgIpc) is 1.68. The van der Waals surface area contributed by atoms with E-state index in [1.165, 1.54) is 0 Å². The second-order valence-electron chi connectivity index (χ2n) is 1.20. The number of aliphatic hydroxyl groups is 1. The molecule has 0 aliphatic heterocycles. The lowest BCUT2D eigenvalue weighted by atomic mass is 10.4. The monoisotopic (exact) mass is 104 g/mol. The first-order valence-electron chi connectivity index (χ1n) is 1.98. The summed E-state index contributed by atoms with van der Waals surface area (Å²) in [5, 5.41) is 10.9. The standard InChI is InChI=1S/C3H8N2O2/c4-1-3(6)2-5-7/h3,6H,1-2,4H2. The summed E-state index contributed by atoms with van der Waals surface area (Å²) in [5.74, 6) is 0. The minimum atomic E-state index is -0.752. The van der Waals surface area contributed by atoms with Crippen molar-refractivity contribution < 1.29 is 5.11 Å². The van der Waals surface area contributed by atoms with Crippen molar-refractivity contribution in [1.29, 1.82) is 0 Å². The van der Waals surface area contributed by atoms with Crippen LogP contribution < -0.4 is 5.73 Å². The molecule has 0 spiro atoms. The second kappa shape index (κ2) is 3.70. The molecule has 0 aromatic carbocycles. The Labute approximate surface area is 41.3 Å². The van der Waals surface area contributed by atoms with Gasteiger partial charge in [-0.05, 0) is 0 Å². The van der Waals surface area contributed by atoms with Crippen molar-refractivity contribution in [3.63, 3.8) is 0 Å². The van der Waals surface area contributed by atoms with E-state index >= 15 is 0 Å². The molecular weight excluding hydrogens is 96.0 g/mol. The molecule has 0 aliphatic rings. The van der Waals surface area contributed by atoms with Gasteiger partial charge in [-0.15, -0.1) is 0 Å². The van der Waals surface area contributed by atoms with Gasteiger partial charge in [-0.25, -0.2) is 0 Å². The van der Waals surface area contributed by atoms with E-state index in [1.54, 1.807) is 0 Å². The van der Waals surface area contributed by atoms with Gasteiger partial charge in [-0.2, -0.15) is 4.91 Å². The smallest absolute Gasteiger partial charge is 0.108 e. The summed E-state index contributed by atoms with van der Waals surface area (Å²) in [6.45, 7) is 0.00222. The van der Waals surface area contributed by atoms with Gasteiger partial charge in [0.2, 0.25) is 0 Å². The Hall–Kier alpha value is -0.480. The first-order valence-corrected chi connectivity index (χ1v) is 1.98. The van der Waals surface area contributed by atoms with Gasteiger partial charge in [0.25, 0.3) is 0 Å². The van der Waals surface area contributed by atoms with Crippen LogP contribution in [0.4, 0.5) is 0 Å². The summed E-state index contributed by atoms with van der Waals surface area (Å²) in [6, 6.07) is 0. The molecule has 4 heteroatoms. The third kappa shape index (κ3) is 3.35. The Morgan fingerprint density at radius 2 is 2.43 bits per heavy atom. The van der Waals surface area contributed by atoms with Gasteiger partial charge < -0.3 is 10.8 Å². The normalized spacial score (nSPS) is 13.4. The summed E-state index contributed by atoms with van der Waals surface area (Å²) in [5.41, 5.74) is 4.91. The van der Waals surface area contributed by atoms with Crippen LogP contribution in [-0.2, 0) is 0 Å². The minimum absolute atomic E-state index is 0.101. The van der Waals surface area contributed by atoms with Crippen LogP contribution in [0.1, 0.15) is 0 Å². The molecule has 0 fully saturated rings. The third-order valence-corrected chi connectivity index (χ3v) is 0.557. The Morgan fingerprint density at radius 1 is 1.86 bits per heavy atom. The van der Waals surface area contributed by atoms with Crippen LogP contribution in [0.15, 0.2) is 5.18 Å². The van der Waals surface area contributed by atoms with E-state index in [1.807, 2.05) is 0 Å². The van der Waals surface area contributed by atoms with Crippen LogP contribution in [0.5, 0.6) is 0 Å². The maximum absolute atomic E-state index is 9.31. The highest BCUT2D eigenvalue weighted by Gasteiger charge is 1.96. The van der Waals surface area contributed by atoms with Crippen LogP contribution in [0.25, 0.3) is 0 Å². The van der Waals surface area contributed by atoms with Gasteiger partial charge >= 0.3 is 0 Å². The zero-order valence-corrected chi connectivity index (χ0v) is 3.87. The minimum Gasteiger partial charge on any atom is -0.390 e. The van der Waals surface area contributed by atoms with E-state index in [0.717, 1.165) is 0 Å². The maximum atomic E-state index is 9.31. The van der Waals surface area contributed by atoms with Gasteiger partial charge in [0.05, 0.1) is 6.10 Å². The molecular formula is C3H8N2O2. The lowest BCUT2D eigenvalue weighted by molar-refractivity contribution is 0.191. The summed E-state index contributed by atoms with van der Waals surface area (Å²) in [4.78, 5) is 9.31. The highest BCUT2D eigenvalue weighted by Crippen LogP contribution is 1.76. The van der Waals surface area contributed by atoms with Crippen molar-refractivity contribution in [2.24, 2.45) is 10.9 Å². The first kappa shape index (κ1) is 6.52. The average molecular weight is 104 g/mol. The SMILES string of the molecule is NCC(O)CN=O. The fourth-order valence-electron chi connectivity index (χ4n) is 0.161. The fourth-order valence-corrected chi connectivity index (χ4v) is 0.161. The zero-order chi connectivity index (χ0) is 5.70. The summed E-state index contributed by atoms with van der Waals surface area (Å²) in [6.07, 6.45) is -0.752. The molecule has 0 bridgehead atoms. The zero-order valence-electron chi connectivity index (χ0n) is 3.87. The number of hydrogen-bond acceptors (Lipinski definition) is 4. The van der Waals surface area contributed by atoms with Crippen LogP contribution >= 0.6 is 0 Å². The van der Waals surface area contributed by atoms with Crippen molar-refractivity contribution in [3.8, 4) is 0 Å². The number of rotatable bonds is 3. The van der Waals surface area contributed by atoms with Crippen LogP contribution in [0.3, 0.4) is 0 Å². The molecule has 0 aromatic heterocycles. The highest BCUT2D eigenvalue weighted by molar-refractivity contribution is 4.56. The molecule has 3 N–H and O–H groups in total. The van der Waals surface area contributed by atoms with E-state index < -0.39 is 6.10 Å². The van der Waals surface area contributed by atoms with Gasteiger partial charge in [0.1, 0.15) is 6.54 Å². The Kier molecular flexibility index (Phi) is 3.45. The Balaban J connectivity index is 2.98. The first-order chi connectivity index (χ1) is 3.31. The largest absolute Gasteiger partial charge is 0.390 e. The molecule has 0 rings (SSSR count). The van der Waals surface area contributed by atoms with Crippen molar-refractivity contribution in [2.45, 2.75) is 6.10 Å². The van der Waals surface area contributed by atoms with Crippen LogP contribution in [0.2, 0.25) is 0 Å². The van der Waals surface area contributed by atoms with Gasteiger partial charge in [-0.1, -0.05) is 5.18 Å². The van der Waals surface area contributed by atoms with Crippen molar-refractivity contribution in [1.82, 2.24) is 0 Å². The van der Waals surface area contributed by atoms with E-state index in [0.29, 0.717) is 0 Å². The lowest BCUT2D eigenvalue weighted by Crippen LogP contribution is -2.22. The predicted octanol–water partition coefficient (Wildman–Crippen LogP) is -0.928. The van der Waals surface area contributed by atoms with Crippen molar-refractivity contribution in [2.75, 3.05) is 13.1 Å². The molecule has 4 nitrogen and oxygen atoms in total. The van der Waals surface area contributed by atoms with E-state index in [4.69, 9.17) is 10.8 Å². The summed E-state index contributed by atoms with van der Waals surface area (Å²) in [7, 11) is 0. The number of nitrogens with zero attached hydrogens (tertiary/aromatic N) is 1. The number of nitrogens with two attached hydrogens (primary N) is 1. The predicted molar refractivity (Wildman–Crippen MR) is 25.7 cm³/mol. The second-order valence-corrected chi connectivity index (χ2v) is 1.20. The molecule has 0 aliphatic carbocycles. The number of hydrogen-bond donors (Lipinski definition) is 2.